The molecule has 36 heavy (non-hydrogen) atoms. The molecule has 2 aromatic heterocycles. The summed E-state index contributed by atoms with van der Waals surface area (Å²) in [6.07, 6.45) is -2.28. The molecule has 0 atom stereocenters. The van der Waals surface area contributed by atoms with Gasteiger partial charge < -0.3 is 10.1 Å². The van der Waals surface area contributed by atoms with Crippen molar-refractivity contribution < 1.29 is 27.6 Å². The Morgan fingerprint density at radius 1 is 1.14 bits per heavy atom. The van der Waals surface area contributed by atoms with Crippen molar-refractivity contribution in [1.82, 2.24) is 14.6 Å². The topological polar surface area (TPSA) is 112 Å². The first-order chi connectivity index (χ1) is 17.1. The highest BCUT2D eigenvalue weighted by Crippen LogP contribution is 2.41. The maximum Gasteiger partial charge on any atom is 0.433 e. The number of carbonyl (C=O) groups is 1. The number of carbonyl (C=O) groups excluding carboxylic acids is 1. The second-order valence-corrected chi connectivity index (χ2v) is 8.47. The van der Waals surface area contributed by atoms with Crippen LogP contribution in [0.1, 0.15) is 46.1 Å². The summed E-state index contributed by atoms with van der Waals surface area (Å²) in [6, 6.07) is 11.6. The van der Waals surface area contributed by atoms with Crippen LogP contribution in [-0.4, -0.2) is 25.4 Å². The van der Waals surface area contributed by atoms with Gasteiger partial charge in [-0.05, 0) is 38.0 Å². The fourth-order valence-corrected chi connectivity index (χ4v) is 3.69. The van der Waals surface area contributed by atoms with Crippen LogP contribution in [0.2, 0.25) is 0 Å². The average molecular weight is 497 g/mol. The Morgan fingerprint density at radius 2 is 1.86 bits per heavy atom. The average Bonchev–Trinajstić information content (AvgIpc) is 3.58. The van der Waals surface area contributed by atoms with E-state index in [2.05, 4.69) is 15.4 Å². The normalized spacial score (nSPS) is 13.6. The number of nitrogens with one attached hydrogen (secondary N) is 1. The van der Waals surface area contributed by atoms with Crippen LogP contribution in [-0.2, 0) is 6.18 Å². The molecule has 0 aliphatic heterocycles. The van der Waals surface area contributed by atoms with Gasteiger partial charge in [-0.25, -0.2) is 9.50 Å². The minimum Gasteiger partial charge on any atom is -0.457 e. The molecule has 4 aromatic rings. The van der Waals surface area contributed by atoms with Crippen molar-refractivity contribution in [2.24, 2.45) is 0 Å². The Hall–Kier alpha value is -4.48. The van der Waals surface area contributed by atoms with E-state index in [1.807, 2.05) is 6.92 Å². The highest BCUT2D eigenvalue weighted by molar-refractivity contribution is 6.08. The van der Waals surface area contributed by atoms with E-state index in [0.717, 1.165) is 23.9 Å². The summed E-state index contributed by atoms with van der Waals surface area (Å²) in [5, 5.41) is 17.7. The molecule has 2 heterocycles. The second kappa shape index (κ2) is 8.63. The second-order valence-electron chi connectivity index (χ2n) is 8.47. The number of aryl methyl sites for hydroxylation is 1. The van der Waals surface area contributed by atoms with E-state index >= 15 is 0 Å². The number of amides is 1. The summed E-state index contributed by atoms with van der Waals surface area (Å²) in [5.74, 6) is -0.394. The van der Waals surface area contributed by atoms with E-state index in [9.17, 15) is 28.1 Å². The number of benzene rings is 2. The molecule has 1 amide bonds. The van der Waals surface area contributed by atoms with Gasteiger partial charge in [0.25, 0.3) is 11.6 Å². The van der Waals surface area contributed by atoms with Crippen molar-refractivity contribution in [3.63, 3.8) is 0 Å². The molecule has 12 heteroatoms. The zero-order chi connectivity index (χ0) is 25.6. The van der Waals surface area contributed by atoms with Crippen LogP contribution in [0.3, 0.4) is 0 Å². The maximum absolute atomic E-state index is 13.6. The molecule has 0 bridgehead atoms. The number of anilines is 1. The minimum atomic E-state index is -4.70. The molecule has 2 aromatic carbocycles. The van der Waals surface area contributed by atoms with E-state index in [0.29, 0.717) is 23.1 Å². The fourth-order valence-electron chi connectivity index (χ4n) is 3.69. The lowest BCUT2D eigenvalue weighted by Gasteiger charge is -2.11. The Morgan fingerprint density at radius 3 is 2.50 bits per heavy atom. The highest BCUT2D eigenvalue weighted by atomic mass is 19.4. The molecule has 1 aliphatic rings. The molecule has 1 aliphatic carbocycles. The number of nitro benzene ring substituents is 1. The third kappa shape index (κ3) is 4.69. The molecule has 1 fully saturated rings. The number of fused-ring (bicyclic) bond motifs is 1. The lowest BCUT2D eigenvalue weighted by Crippen LogP contribution is -2.16. The van der Waals surface area contributed by atoms with Gasteiger partial charge in [0.1, 0.15) is 22.8 Å². The van der Waals surface area contributed by atoms with Crippen molar-refractivity contribution in [2.75, 3.05) is 5.32 Å². The Bertz CT molecular complexity index is 1490. The zero-order valence-electron chi connectivity index (χ0n) is 18.7. The first kappa shape index (κ1) is 23.3. The van der Waals surface area contributed by atoms with E-state index < -0.39 is 22.7 Å². The van der Waals surface area contributed by atoms with Gasteiger partial charge in [0.15, 0.2) is 5.65 Å². The van der Waals surface area contributed by atoms with Gasteiger partial charge in [-0.15, -0.1) is 0 Å². The van der Waals surface area contributed by atoms with Gasteiger partial charge in [0.2, 0.25) is 0 Å². The summed E-state index contributed by atoms with van der Waals surface area (Å²) in [5.41, 5.74) is -0.560. The van der Waals surface area contributed by atoms with Crippen LogP contribution in [0.4, 0.5) is 24.5 Å². The third-order valence-corrected chi connectivity index (χ3v) is 5.64. The first-order valence-corrected chi connectivity index (χ1v) is 10.9. The van der Waals surface area contributed by atoms with Crippen molar-refractivity contribution in [2.45, 2.75) is 31.9 Å². The minimum absolute atomic E-state index is 0.0186. The zero-order valence-corrected chi connectivity index (χ0v) is 18.7. The SMILES string of the molecule is Cc1ccc(Oc2cc(NC(=O)c3cnn4c(C(F)(F)F)cc(C5CC5)nc34)cc([N+](=O)[O-])c2)cc1. The molecule has 0 saturated heterocycles. The molecule has 1 N–H and O–H groups in total. The molecule has 184 valence electrons. The molecule has 5 rings (SSSR count). The molecular formula is C24H18F3N5O4. The van der Waals surface area contributed by atoms with Gasteiger partial charge in [-0.1, -0.05) is 17.7 Å². The number of rotatable bonds is 6. The van der Waals surface area contributed by atoms with Crippen LogP contribution in [0.25, 0.3) is 5.65 Å². The smallest absolute Gasteiger partial charge is 0.433 e. The van der Waals surface area contributed by atoms with Gasteiger partial charge in [-0.3, -0.25) is 14.9 Å². The van der Waals surface area contributed by atoms with Gasteiger partial charge in [-0.2, -0.15) is 18.3 Å². The molecule has 9 nitrogen and oxygen atoms in total. The largest absolute Gasteiger partial charge is 0.457 e. The summed E-state index contributed by atoms with van der Waals surface area (Å²) in [4.78, 5) is 28.1. The van der Waals surface area contributed by atoms with Crippen molar-refractivity contribution in [1.29, 1.82) is 0 Å². The number of non-ortho nitro benzene ring substituents is 1. The van der Waals surface area contributed by atoms with Crippen molar-refractivity contribution >= 4 is 22.9 Å². The van der Waals surface area contributed by atoms with Crippen LogP contribution in [0.5, 0.6) is 11.5 Å². The van der Waals surface area contributed by atoms with Crippen LogP contribution < -0.4 is 10.1 Å². The molecule has 0 radical (unpaired) electrons. The maximum atomic E-state index is 13.6. The Balaban J connectivity index is 1.49. The number of nitrogens with zero attached hydrogens (tertiary/aromatic N) is 4. The predicted octanol–water partition coefficient (Wildman–Crippen LogP) is 5.89. The van der Waals surface area contributed by atoms with Crippen molar-refractivity contribution in [3.05, 3.63) is 87.4 Å². The monoisotopic (exact) mass is 497 g/mol. The lowest BCUT2D eigenvalue weighted by atomic mass is 10.2. The lowest BCUT2D eigenvalue weighted by molar-refractivity contribution is -0.384. The predicted molar refractivity (Wildman–Crippen MR) is 122 cm³/mol. The third-order valence-electron chi connectivity index (χ3n) is 5.64. The number of ether oxygens (including phenoxy) is 1. The molecular weight excluding hydrogens is 479 g/mol. The molecule has 1 saturated carbocycles. The van der Waals surface area contributed by atoms with Crippen molar-refractivity contribution in [3.8, 4) is 11.5 Å². The summed E-state index contributed by atoms with van der Waals surface area (Å²) in [6.45, 7) is 1.89. The van der Waals surface area contributed by atoms with E-state index in [1.54, 1.807) is 24.3 Å². The first-order valence-electron chi connectivity index (χ1n) is 10.9. The van der Waals surface area contributed by atoms with Crippen LogP contribution in [0.15, 0.2) is 54.7 Å². The Labute approximate surface area is 201 Å². The van der Waals surface area contributed by atoms with E-state index in [-0.39, 0.29) is 39.9 Å². The number of halogens is 3. The summed E-state index contributed by atoms with van der Waals surface area (Å²) >= 11 is 0. The summed E-state index contributed by atoms with van der Waals surface area (Å²) < 4.78 is 47.2. The van der Waals surface area contributed by atoms with Gasteiger partial charge in [0, 0.05) is 23.7 Å². The number of alkyl halides is 3. The Kier molecular flexibility index (Phi) is 5.58. The number of aromatic nitrogens is 3. The highest BCUT2D eigenvalue weighted by Gasteiger charge is 2.38. The molecule has 0 spiro atoms. The quantitative estimate of drug-likeness (QED) is 0.263. The van der Waals surface area contributed by atoms with E-state index in [4.69, 9.17) is 4.74 Å². The fraction of sp³-hybridized carbons (Fsp3) is 0.208. The van der Waals surface area contributed by atoms with Crippen LogP contribution in [0, 0.1) is 17.0 Å². The van der Waals surface area contributed by atoms with Gasteiger partial charge >= 0.3 is 6.18 Å². The number of nitro groups is 1. The standard InChI is InChI=1S/C24H18F3N5O4/c1-13-2-6-17(7-3-13)36-18-9-15(8-16(10-18)32(34)35)29-23(33)19-12-28-31-21(24(25,26)27)11-20(14-4-5-14)30-22(19)31/h2-3,6-12,14H,4-5H2,1H3,(H,29,33). The van der Waals surface area contributed by atoms with Crippen LogP contribution >= 0.6 is 0 Å². The summed E-state index contributed by atoms with van der Waals surface area (Å²) in [7, 11) is 0. The molecule has 0 unspecified atom stereocenters. The number of hydrogen-bond donors (Lipinski definition) is 1. The van der Waals surface area contributed by atoms with Gasteiger partial charge in [0.05, 0.1) is 22.9 Å². The number of hydrogen-bond acceptors (Lipinski definition) is 6. The van der Waals surface area contributed by atoms with E-state index in [1.165, 1.54) is 12.1 Å².